The van der Waals surface area contributed by atoms with E-state index in [0.29, 0.717) is 11.5 Å². The number of nitrogen functional groups attached to an aromatic ring is 1. The zero-order valence-corrected chi connectivity index (χ0v) is 21.1. The number of rotatable bonds is 6. The molecule has 0 saturated heterocycles. The number of pyridine rings is 2. The highest BCUT2D eigenvalue weighted by Gasteiger charge is 2.29. The number of anilines is 1. The first-order valence-electron chi connectivity index (χ1n) is 12.2. The van der Waals surface area contributed by atoms with Crippen molar-refractivity contribution in [1.82, 2.24) is 9.97 Å². The first-order chi connectivity index (χ1) is 17.3. The van der Waals surface area contributed by atoms with Gasteiger partial charge in [-0.15, -0.1) is 0 Å². The van der Waals surface area contributed by atoms with Crippen LogP contribution in [0.4, 0.5) is 18.9 Å². The first-order valence-corrected chi connectivity index (χ1v) is 12.2. The van der Waals surface area contributed by atoms with Crippen molar-refractivity contribution < 1.29 is 23.1 Å². The summed E-state index contributed by atoms with van der Waals surface area (Å²) in [5.74, 6) is -3.25. The minimum absolute atomic E-state index is 0.0285. The Hall–Kier alpha value is -3.30. The van der Waals surface area contributed by atoms with Gasteiger partial charge in [-0.1, -0.05) is 6.92 Å². The summed E-state index contributed by atoms with van der Waals surface area (Å²) in [4.78, 5) is 21.5. The van der Waals surface area contributed by atoms with E-state index in [2.05, 4.69) is 16.9 Å². The Labute approximate surface area is 213 Å². The second-order valence-corrected chi connectivity index (χ2v) is 10.6. The van der Waals surface area contributed by atoms with Gasteiger partial charge in [0.15, 0.2) is 11.6 Å². The lowest BCUT2D eigenvalue weighted by Gasteiger charge is -2.32. The SMILES string of the molecule is C[C@@H]1C[C@H](N)C[C@H](c2ccncc2CC(=O)c2nc(-c3c(F)cc(C(C)(C)O)cc3F)c(F)cc2N)C1. The maximum Gasteiger partial charge on any atom is 0.187 e. The molecule has 1 fully saturated rings. The number of hydrogen-bond acceptors (Lipinski definition) is 6. The Morgan fingerprint density at radius 1 is 1.11 bits per heavy atom. The van der Waals surface area contributed by atoms with Crippen molar-refractivity contribution in [3.63, 3.8) is 0 Å². The van der Waals surface area contributed by atoms with Crippen LogP contribution < -0.4 is 11.5 Å². The van der Waals surface area contributed by atoms with Gasteiger partial charge in [0.1, 0.15) is 23.0 Å². The average molecular weight is 513 g/mol. The number of halogens is 3. The second-order valence-electron chi connectivity index (χ2n) is 10.6. The Bertz CT molecular complexity index is 1310. The van der Waals surface area contributed by atoms with Crippen LogP contribution in [0.2, 0.25) is 0 Å². The van der Waals surface area contributed by atoms with Gasteiger partial charge in [-0.05, 0) is 79.8 Å². The van der Waals surface area contributed by atoms with Crippen molar-refractivity contribution in [2.75, 3.05) is 5.73 Å². The third-order valence-corrected chi connectivity index (χ3v) is 6.97. The third-order valence-electron chi connectivity index (χ3n) is 6.97. The lowest BCUT2D eigenvalue weighted by molar-refractivity contribution is 0.0778. The van der Waals surface area contributed by atoms with E-state index in [-0.39, 0.29) is 35.3 Å². The maximum absolute atomic E-state index is 14.9. The summed E-state index contributed by atoms with van der Waals surface area (Å²) >= 11 is 0. The summed E-state index contributed by atoms with van der Waals surface area (Å²) in [6.07, 6.45) is 5.81. The molecule has 0 radical (unpaired) electrons. The van der Waals surface area contributed by atoms with E-state index in [4.69, 9.17) is 11.5 Å². The molecule has 9 heteroatoms. The van der Waals surface area contributed by atoms with Crippen molar-refractivity contribution in [2.45, 2.75) is 64.0 Å². The number of aromatic nitrogens is 2. The number of Topliss-reactive ketones (excluding diaryl/α,β-unsaturated/α-hetero) is 1. The van der Waals surface area contributed by atoms with Gasteiger partial charge in [-0.2, -0.15) is 0 Å². The topological polar surface area (TPSA) is 115 Å². The molecule has 6 nitrogen and oxygen atoms in total. The number of hydrogen-bond donors (Lipinski definition) is 3. The molecule has 1 aliphatic rings. The quantitative estimate of drug-likeness (QED) is 0.399. The van der Waals surface area contributed by atoms with Gasteiger partial charge in [0, 0.05) is 30.9 Å². The van der Waals surface area contributed by atoms with E-state index in [0.717, 1.165) is 43.0 Å². The molecule has 0 spiro atoms. The number of nitrogens with two attached hydrogens (primary N) is 2. The number of carbonyl (C=O) groups excluding carboxylic acids is 1. The summed E-state index contributed by atoms with van der Waals surface area (Å²) < 4.78 is 44.7. The maximum atomic E-state index is 14.9. The second kappa shape index (κ2) is 10.2. The van der Waals surface area contributed by atoms with Crippen LogP contribution in [0.25, 0.3) is 11.3 Å². The van der Waals surface area contributed by atoms with Crippen LogP contribution in [0.5, 0.6) is 0 Å². The Morgan fingerprint density at radius 3 is 2.41 bits per heavy atom. The highest BCUT2D eigenvalue weighted by atomic mass is 19.1. The molecule has 4 rings (SSSR count). The van der Waals surface area contributed by atoms with Gasteiger partial charge in [0.25, 0.3) is 0 Å². The molecular weight excluding hydrogens is 481 g/mol. The van der Waals surface area contributed by atoms with Crippen LogP contribution in [0.15, 0.2) is 36.7 Å². The molecule has 3 atom stereocenters. The van der Waals surface area contributed by atoms with Gasteiger partial charge in [-0.25, -0.2) is 18.2 Å². The van der Waals surface area contributed by atoms with Gasteiger partial charge in [-0.3, -0.25) is 9.78 Å². The summed E-state index contributed by atoms with van der Waals surface area (Å²) in [5, 5.41) is 10.1. The molecular formula is C28H31F3N4O2. The number of aliphatic hydroxyl groups is 1. The normalized spacial score (nSPS) is 20.2. The van der Waals surface area contributed by atoms with Crippen molar-refractivity contribution >= 4 is 11.5 Å². The van der Waals surface area contributed by atoms with Gasteiger partial charge in [0.05, 0.1) is 16.9 Å². The van der Waals surface area contributed by atoms with E-state index < -0.39 is 40.1 Å². The monoisotopic (exact) mass is 512 g/mol. The predicted molar refractivity (Wildman–Crippen MR) is 135 cm³/mol. The van der Waals surface area contributed by atoms with Gasteiger partial charge < -0.3 is 16.6 Å². The molecule has 1 saturated carbocycles. The van der Waals surface area contributed by atoms with E-state index in [1.54, 1.807) is 12.4 Å². The smallest absolute Gasteiger partial charge is 0.187 e. The Kier molecular flexibility index (Phi) is 7.39. The standard InChI is InChI=1S/C28H31F3N4O2/c1-14-6-15(8-18(32)7-14)19-4-5-34-13-16(19)9-24(36)27-23(33)12-22(31)26(35-27)25-20(29)10-17(11-21(25)30)28(2,3)37/h4-5,10-15,18,37H,6-9,32-33H2,1-3H3/t14-,15+,18-/m0/s1. The molecule has 37 heavy (non-hydrogen) atoms. The van der Waals surface area contributed by atoms with Crippen LogP contribution >= 0.6 is 0 Å². The number of benzene rings is 1. The molecule has 2 heterocycles. The summed E-state index contributed by atoms with van der Waals surface area (Å²) in [6.45, 7) is 4.89. The van der Waals surface area contributed by atoms with Crippen molar-refractivity contribution in [3.8, 4) is 11.3 Å². The molecule has 1 aromatic carbocycles. The Morgan fingerprint density at radius 2 is 1.78 bits per heavy atom. The van der Waals surface area contributed by atoms with E-state index >= 15 is 0 Å². The molecule has 0 unspecified atom stereocenters. The van der Waals surface area contributed by atoms with E-state index in [1.165, 1.54) is 13.8 Å². The lowest BCUT2D eigenvalue weighted by Crippen LogP contribution is -2.31. The predicted octanol–water partition coefficient (Wildman–Crippen LogP) is 5.03. The largest absolute Gasteiger partial charge is 0.397 e. The van der Waals surface area contributed by atoms with Crippen LogP contribution in [0, 0.1) is 23.4 Å². The Balaban J connectivity index is 1.70. The zero-order chi connectivity index (χ0) is 27.1. The molecule has 196 valence electrons. The number of nitrogens with zero attached hydrogens (tertiary/aromatic N) is 2. The first kappa shape index (κ1) is 26.8. The third kappa shape index (κ3) is 5.67. The van der Waals surface area contributed by atoms with E-state index in [9.17, 15) is 23.1 Å². The molecule has 3 aromatic rings. The van der Waals surface area contributed by atoms with Crippen LogP contribution in [0.1, 0.15) is 73.1 Å². The molecule has 0 aliphatic heterocycles. The highest BCUT2D eigenvalue weighted by Crippen LogP contribution is 2.37. The number of carbonyl (C=O) groups is 1. The molecule has 1 aliphatic carbocycles. The summed E-state index contributed by atoms with van der Waals surface area (Å²) in [7, 11) is 0. The summed E-state index contributed by atoms with van der Waals surface area (Å²) in [5.41, 5.74) is 10.3. The van der Waals surface area contributed by atoms with Crippen LogP contribution in [-0.2, 0) is 12.0 Å². The van der Waals surface area contributed by atoms with Crippen molar-refractivity contribution in [2.24, 2.45) is 11.7 Å². The number of ketones is 1. The fraction of sp³-hybridized carbons (Fsp3) is 0.393. The summed E-state index contributed by atoms with van der Waals surface area (Å²) in [6, 6.07) is 4.60. The van der Waals surface area contributed by atoms with Crippen molar-refractivity contribution in [1.29, 1.82) is 0 Å². The lowest BCUT2D eigenvalue weighted by atomic mass is 9.75. The van der Waals surface area contributed by atoms with Crippen LogP contribution in [-0.4, -0.2) is 26.9 Å². The minimum Gasteiger partial charge on any atom is -0.397 e. The zero-order valence-electron chi connectivity index (χ0n) is 21.1. The molecule has 0 amide bonds. The van der Waals surface area contributed by atoms with Crippen LogP contribution in [0.3, 0.4) is 0 Å². The molecule has 2 aromatic heterocycles. The minimum atomic E-state index is -1.52. The van der Waals surface area contributed by atoms with Gasteiger partial charge >= 0.3 is 0 Å². The average Bonchev–Trinajstić information content (AvgIpc) is 2.79. The van der Waals surface area contributed by atoms with Crippen molar-refractivity contribution in [3.05, 3.63) is 76.5 Å². The van der Waals surface area contributed by atoms with E-state index in [1.807, 2.05) is 6.07 Å². The molecule has 0 bridgehead atoms. The van der Waals surface area contributed by atoms with Gasteiger partial charge in [0.2, 0.25) is 0 Å². The fourth-order valence-corrected chi connectivity index (χ4v) is 5.21. The highest BCUT2D eigenvalue weighted by molar-refractivity contribution is 6.00. The molecule has 5 N–H and O–H groups in total. The fourth-order valence-electron chi connectivity index (χ4n) is 5.21.